The third-order valence-electron chi connectivity index (χ3n) is 5.46. The third-order valence-corrected chi connectivity index (χ3v) is 6.27. The Morgan fingerprint density at radius 3 is 2.67 bits per heavy atom. The van der Waals surface area contributed by atoms with E-state index in [-0.39, 0.29) is 5.91 Å². The summed E-state index contributed by atoms with van der Waals surface area (Å²) in [5.74, 6) is 0.324. The molecule has 2 N–H and O–H groups in total. The number of amides is 1. The van der Waals surface area contributed by atoms with E-state index < -0.39 is 0 Å². The summed E-state index contributed by atoms with van der Waals surface area (Å²) in [5, 5.41) is 10.1. The number of aromatic amines is 1. The van der Waals surface area contributed by atoms with Crippen molar-refractivity contribution in [2.75, 3.05) is 43.4 Å². The summed E-state index contributed by atoms with van der Waals surface area (Å²) >= 11 is 1.61. The zero-order valence-corrected chi connectivity index (χ0v) is 17.4. The summed E-state index contributed by atoms with van der Waals surface area (Å²) in [4.78, 5) is 21.7. The van der Waals surface area contributed by atoms with Crippen LogP contribution in [0.4, 0.5) is 11.5 Å². The van der Waals surface area contributed by atoms with Gasteiger partial charge in [0.2, 0.25) is 0 Å². The second kappa shape index (κ2) is 7.89. The lowest BCUT2D eigenvalue weighted by Gasteiger charge is -2.34. The molecule has 2 aromatic carbocycles. The number of piperazine rings is 1. The van der Waals surface area contributed by atoms with Gasteiger partial charge in [-0.2, -0.15) is 5.10 Å². The molecule has 3 heterocycles. The molecule has 0 aliphatic carbocycles. The number of rotatable bonds is 4. The number of carbonyl (C=O) groups is 1. The Balaban J connectivity index is 1.26. The molecule has 1 aliphatic heterocycles. The second-order valence-corrected chi connectivity index (χ2v) is 8.38. The van der Waals surface area contributed by atoms with Crippen LogP contribution in [-0.2, 0) is 0 Å². The maximum Gasteiger partial charge on any atom is 0.256 e. The highest BCUT2D eigenvalue weighted by Gasteiger charge is 2.15. The van der Waals surface area contributed by atoms with Crippen molar-refractivity contribution >= 4 is 39.0 Å². The van der Waals surface area contributed by atoms with Gasteiger partial charge in [-0.1, -0.05) is 6.07 Å². The van der Waals surface area contributed by atoms with Crippen molar-refractivity contribution in [1.29, 1.82) is 0 Å². The van der Waals surface area contributed by atoms with Crippen LogP contribution in [0.1, 0.15) is 10.4 Å². The van der Waals surface area contributed by atoms with Gasteiger partial charge in [0.05, 0.1) is 21.4 Å². The number of benzene rings is 2. The number of fused-ring (bicyclic) bond motifs is 1. The number of hydrogen-bond donors (Lipinski definition) is 2. The molecule has 8 heteroatoms. The lowest BCUT2D eigenvalue weighted by Crippen LogP contribution is -2.44. The SMILES string of the molecule is CN1CCN(c2ccc(C(=O)Nc3cc(-c4ccc5scnc5c4)[nH]n3)cc2)CC1. The van der Waals surface area contributed by atoms with E-state index in [0.29, 0.717) is 11.4 Å². The number of carbonyl (C=O) groups excluding carboxylic acids is 1. The van der Waals surface area contributed by atoms with Crippen molar-refractivity contribution < 1.29 is 4.79 Å². The van der Waals surface area contributed by atoms with Gasteiger partial charge < -0.3 is 15.1 Å². The Bertz CT molecular complexity index is 1170. The number of likely N-dealkylation sites (N-methyl/N-ethyl adjacent to an activating group) is 1. The molecule has 0 spiro atoms. The molecule has 1 saturated heterocycles. The molecular formula is C22H22N6OS. The first-order chi connectivity index (χ1) is 14.7. The molecule has 1 amide bonds. The van der Waals surface area contributed by atoms with E-state index >= 15 is 0 Å². The van der Waals surface area contributed by atoms with E-state index in [0.717, 1.165) is 53.3 Å². The molecule has 30 heavy (non-hydrogen) atoms. The van der Waals surface area contributed by atoms with Gasteiger partial charge in [-0.25, -0.2) is 4.98 Å². The average Bonchev–Trinajstić information content (AvgIpc) is 3.43. The number of H-pyrrole nitrogens is 1. The molecule has 2 aromatic heterocycles. The maximum atomic E-state index is 12.6. The number of aromatic nitrogens is 3. The van der Waals surface area contributed by atoms with Crippen LogP contribution >= 0.6 is 11.3 Å². The van der Waals surface area contributed by atoms with Gasteiger partial charge in [0.1, 0.15) is 0 Å². The molecule has 7 nitrogen and oxygen atoms in total. The molecule has 1 fully saturated rings. The van der Waals surface area contributed by atoms with Crippen LogP contribution in [0.15, 0.2) is 54.0 Å². The molecule has 0 bridgehead atoms. The van der Waals surface area contributed by atoms with Gasteiger partial charge in [-0.3, -0.25) is 9.89 Å². The summed E-state index contributed by atoms with van der Waals surface area (Å²) in [6.45, 7) is 4.12. The average molecular weight is 419 g/mol. The van der Waals surface area contributed by atoms with Crippen molar-refractivity contribution in [3.63, 3.8) is 0 Å². The first kappa shape index (κ1) is 18.8. The van der Waals surface area contributed by atoms with E-state index in [1.807, 2.05) is 54.0 Å². The number of nitrogens with one attached hydrogen (secondary N) is 2. The van der Waals surface area contributed by atoms with Crippen molar-refractivity contribution in [3.8, 4) is 11.3 Å². The van der Waals surface area contributed by atoms with E-state index in [1.165, 1.54) is 0 Å². The molecule has 0 saturated carbocycles. The zero-order valence-electron chi connectivity index (χ0n) is 16.6. The molecule has 0 atom stereocenters. The number of hydrogen-bond acceptors (Lipinski definition) is 6. The van der Waals surface area contributed by atoms with Crippen LogP contribution in [0.3, 0.4) is 0 Å². The van der Waals surface area contributed by atoms with E-state index in [1.54, 1.807) is 11.3 Å². The van der Waals surface area contributed by atoms with Gasteiger partial charge in [0.25, 0.3) is 5.91 Å². The first-order valence-corrected chi connectivity index (χ1v) is 10.8. The quantitative estimate of drug-likeness (QED) is 0.529. The van der Waals surface area contributed by atoms with Crippen LogP contribution < -0.4 is 10.2 Å². The van der Waals surface area contributed by atoms with Crippen molar-refractivity contribution in [2.24, 2.45) is 0 Å². The fraction of sp³-hybridized carbons (Fsp3) is 0.227. The van der Waals surface area contributed by atoms with Crippen molar-refractivity contribution in [1.82, 2.24) is 20.1 Å². The smallest absolute Gasteiger partial charge is 0.256 e. The van der Waals surface area contributed by atoms with Crippen LogP contribution in [0, 0.1) is 0 Å². The lowest BCUT2D eigenvalue weighted by molar-refractivity contribution is 0.102. The first-order valence-electron chi connectivity index (χ1n) is 9.90. The Morgan fingerprint density at radius 2 is 1.87 bits per heavy atom. The standard InChI is InChI=1S/C22H22N6OS/c1-27-8-10-28(11-9-27)17-5-2-15(3-6-17)22(29)24-21-13-18(25-26-21)16-4-7-20-19(12-16)23-14-30-20/h2-7,12-14H,8-11H2,1H3,(H2,24,25,26,29). The van der Waals surface area contributed by atoms with Crippen LogP contribution in [-0.4, -0.2) is 59.2 Å². The lowest BCUT2D eigenvalue weighted by atomic mass is 10.1. The summed E-state index contributed by atoms with van der Waals surface area (Å²) in [7, 11) is 2.14. The highest BCUT2D eigenvalue weighted by atomic mass is 32.1. The van der Waals surface area contributed by atoms with Crippen LogP contribution in [0.5, 0.6) is 0 Å². The van der Waals surface area contributed by atoms with Crippen LogP contribution in [0.2, 0.25) is 0 Å². The predicted octanol–water partition coefficient (Wildman–Crippen LogP) is 3.69. The van der Waals surface area contributed by atoms with E-state index in [4.69, 9.17) is 0 Å². The fourth-order valence-electron chi connectivity index (χ4n) is 3.64. The Morgan fingerprint density at radius 1 is 1.07 bits per heavy atom. The van der Waals surface area contributed by atoms with Gasteiger partial charge in [-0.15, -0.1) is 11.3 Å². The molecule has 0 radical (unpaired) electrons. The van der Waals surface area contributed by atoms with Gasteiger partial charge >= 0.3 is 0 Å². The third kappa shape index (κ3) is 3.79. The van der Waals surface area contributed by atoms with Crippen LogP contribution in [0.25, 0.3) is 21.5 Å². The Labute approximate surface area is 178 Å². The number of nitrogens with zero attached hydrogens (tertiary/aromatic N) is 4. The number of anilines is 2. The molecule has 1 aliphatic rings. The summed E-state index contributed by atoms with van der Waals surface area (Å²) in [6.07, 6.45) is 0. The molecule has 5 rings (SSSR count). The fourth-order valence-corrected chi connectivity index (χ4v) is 4.29. The van der Waals surface area contributed by atoms with Crippen molar-refractivity contribution in [3.05, 3.63) is 59.6 Å². The minimum atomic E-state index is -0.173. The molecule has 152 valence electrons. The van der Waals surface area contributed by atoms with E-state index in [2.05, 4.69) is 37.3 Å². The highest BCUT2D eigenvalue weighted by molar-refractivity contribution is 7.16. The molecule has 4 aromatic rings. The topological polar surface area (TPSA) is 77.1 Å². The molecule has 0 unspecified atom stereocenters. The zero-order chi connectivity index (χ0) is 20.5. The minimum absolute atomic E-state index is 0.173. The monoisotopic (exact) mass is 418 g/mol. The van der Waals surface area contributed by atoms with E-state index in [9.17, 15) is 4.79 Å². The predicted molar refractivity (Wildman–Crippen MR) is 121 cm³/mol. The largest absolute Gasteiger partial charge is 0.369 e. The van der Waals surface area contributed by atoms with Gasteiger partial charge in [-0.05, 0) is 43.4 Å². The normalized spacial score (nSPS) is 14.9. The minimum Gasteiger partial charge on any atom is -0.369 e. The number of thiazole rings is 1. The Kier molecular flexibility index (Phi) is 4.94. The summed E-state index contributed by atoms with van der Waals surface area (Å²) in [5.41, 5.74) is 6.38. The van der Waals surface area contributed by atoms with Crippen molar-refractivity contribution in [2.45, 2.75) is 0 Å². The second-order valence-electron chi connectivity index (χ2n) is 7.49. The van der Waals surface area contributed by atoms with Gasteiger partial charge in [0.15, 0.2) is 5.82 Å². The Hall–Kier alpha value is -3.23. The maximum absolute atomic E-state index is 12.6. The summed E-state index contributed by atoms with van der Waals surface area (Å²) < 4.78 is 1.15. The highest BCUT2D eigenvalue weighted by Crippen LogP contribution is 2.26. The molecular weight excluding hydrogens is 396 g/mol. The summed E-state index contributed by atoms with van der Waals surface area (Å²) in [6, 6.07) is 15.7. The van der Waals surface area contributed by atoms with Gasteiger partial charge in [0, 0.05) is 49.1 Å².